The summed E-state index contributed by atoms with van der Waals surface area (Å²) < 4.78 is 53.0. The number of sulfonamides is 1. The Hall–Kier alpha value is -2.03. The third-order valence-electron chi connectivity index (χ3n) is 4.60. The summed E-state index contributed by atoms with van der Waals surface area (Å²) in [4.78, 5) is 12.5. The minimum atomic E-state index is -3.60. The second-order valence-electron chi connectivity index (χ2n) is 6.70. The van der Waals surface area contributed by atoms with Crippen LogP contribution in [0, 0.1) is 17.6 Å². The van der Waals surface area contributed by atoms with Crippen molar-refractivity contribution in [2.45, 2.75) is 18.6 Å². The van der Waals surface area contributed by atoms with Gasteiger partial charge in [-0.05, 0) is 42.7 Å². The van der Waals surface area contributed by atoms with Crippen LogP contribution in [0.25, 0.3) is 0 Å². The number of rotatable bonds is 5. The van der Waals surface area contributed by atoms with Gasteiger partial charge in [0.05, 0.1) is 11.7 Å². The molecule has 5 nitrogen and oxygen atoms in total. The first-order valence-electron chi connectivity index (χ1n) is 8.73. The summed E-state index contributed by atoms with van der Waals surface area (Å²) in [6, 6.07) is 9.63. The highest BCUT2D eigenvalue weighted by molar-refractivity contribution is 7.88. The van der Waals surface area contributed by atoms with E-state index in [1.807, 2.05) is 0 Å². The molecule has 1 aliphatic heterocycles. The third-order valence-corrected chi connectivity index (χ3v) is 6.67. The lowest BCUT2D eigenvalue weighted by Crippen LogP contribution is -2.44. The molecule has 9 heteroatoms. The van der Waals surface area contributed by atoms with Crippen LogP contribution in [0.4, 0.5) is 14.5 Å². The summed E-state index contributed by atoms with van der Waals surface area (Å²) in [6.45, 7) is 0.385. The zero-order valence-electron chi connectivity index (χ0n) is 14.9. The molecule has 3 rings (SSSR count). The highest BCUT2D eigenvalue weighted by Gasteiger charge is 2.32. The van der Waals surface area contributed by atoms with Crippen molar-refractivity contribution in [1.29, 1.82) is 0 Å². The molecule has 1 aliphatic rings. The number of piperidine rings is 1. The molecule has 0 saturated carbocycles. The van der Waals surface area contributed by atoms with Crippen LogP contribution in [-0.4, -0.2) is 31.7 Å². The van der Waals surface area contributed by atoms with Crippen LogP contribution in [0.15, 0.2) is 42.5 Å². The lowest BCUT2D eigenvalue weighted by molar-refractivity contribution is -0.120. The summed E-state index contributed by atoms with van der Waals surface area (Å²) in [5.74, 6) is -3.23. The number of halogens is 3. The quantitative estimate of drug-likeness (QED) is 0.787. The first-order chi connectivity index (χ1) is 13.2. The van der Waals surface area contributed by atoms with Gasteiger partial charge in [0.25, 0.3) is 0 Å². The van der Waals surface area contributed by atoms with Crippen molar-refractivity contribution in [3.8, 4) is 0 Å². The smallest absolute Gasteiger partial charge is 0.228 e. The van der Waals surface area contributed by atoms with Gasteiger partial charge in [0.15, 0.2) is 11.6 Å². The van der Waals surface area contributed by atoms with E-state index in [9.17, 15) is 22.0 Å². The molecule has 0 aliphatic carbocycles. The molecule has 0 aromatic heterocycles. The van der Waals surface area contributed by atoms with Gasteiger partial charge in [-0.2, -0.15) is 0 Å². The number of benzene rings is 2. The first-order valence-corrected chi connectivity index (χ1v) is 10.7. The summed E-state index contributed by atoms with van der Waals surface area (Å²) in [7, 11) is -3.60. The fourth-order valence-electron chi connectivity index (χ4n) is 3.11. The van der Waals surface area contributed by atoms with Gasteiger partial charge in [0, 0.05) is 29.9 Å². The van der Waals surface area contributed by atoms with Gasteiger partial charge in [-0.3, -0.25) is 4.79 Å². The molecular weight excluding hydrogens is 410 g/mol. The highest BCUT2D eigenvalue weighted by atomic mass is 35.5. The topological polar surface area (TPSA) is 66.5 Å². The molecule has 1 heterocycles. The monoisotopic (exact) mass is 428 g/mol. The number of nitrogens with one attached hydrogen (secondary N) is 1. The number of anilines is 1. The fourth-order valence-corrected chi connectivity index (χ4v) is 4.85. The van der Waals surface area contributed by atoms with Gasteiger partial charge in [-0.1, -0.05) is 23.7 Å². The van der Waals surface area contributed by atoms with Gasteiger partial charge < -0.3 is 5.32 Å². The fraction of sp³-hybridized carbons (Fsp3) is 0.316. The van der Waals surface area contributed by atoms with Gasteiger partial charge in [0.1, 0.15) is 0 Å². The normalized spacial score (nSPS) is 18.0. The zero-order valence-corrected chi connectivity index (χ0v) is 16.4. The molecule has 1 saturated heterocycles. The number of amides is 1. The second-order valence-corrected chi connectivity index (χ2v) is 9.10. The Morgan fingerprint density at radius 2 is 1.86 bits per heavy atom. The Bertz CT molecular complexity index is 968. The van der Waals surface area contributed by atoms with Crippen molar-refractivity contribution in [2.75, 3.05) is 18.4 Å². The summed E-state index contributed by atoms with van der Waals surface area (Å²) >= 11 is 5.82. The van der Waals surface area contributed by atoms with Crippen LogP contribution in [0.3, 0.4) is 0 Å². The first kappa shape index (κ1) is 20.7. The average Bonchev–Trinajstić information content (AvgIpc) is 2.66. The number of carbonyl (C=O) groups excluding carboxylic acids is 1. The van der Waals surface area contributed by atoms with Gasteiger partial charge in [0.2, 0.25) is 15.9 Å². The highest BCUT2D eigenvalue weighted by Crippen LogP contribution is 2.24. The Morgan fingerprint density at radius 1 is 1.14 bits per heavy atom. The molecule has 0 radical (unpaired) electrons. The van der Waals surface area contributed by atoms with Crippen LogP contribution in [0.5, 0.6) is 0 Å². The number of carbonyl (C=O) groups is 1. The number of hydrogen-bond donors (Lipinski definition) is 1. The Morgan fingerprint density at radius 3 is 2.54 bits per heavy atom. The predicted molar refractivity (Wildman–Crippen MR) is 103 cm³/mol. The van der Waals surface area contributed by atoms with Crippen LogP contribution < -0.4 is 5.32 Å². The van der Waals surface area contributed by atoms with E-state index in [0.717, 1.165) is 12.1 Å². The molecule has 2 aromatic carbocycles. The van der Waals surface area contributed by atoms with Crippen molar-refractivity contribution < 1.29 is 22.0 Å². The summed E-state index contributed by atoms with van der Waals surface area (Å²) in [5, 5.41) is 3.05. The number of nitrogens with zero attached hydrogens (tertiary/aromatic N) is 1. The predicted octanol–water partition coefficient (Wildman–Crippen LogP) is 3.80. The van der Waals surface area contributed by atoms with E-state index in [1.165, 1.54) is 10.4 Å². The maximum atomic E-state index is 13.3. The van der Waals surface area contributed by atoms with E-state index in [2.05, 4.69) is 5.32 Å². The Labute approximate surface area is 167 Å². The van der Waals surface area contributed by atoms with E-state index < -0.39 is 33.5 Å². The summed E-state index contributed by atoms with van der Waals surface area (Å²) in [5.41, 5.74) is 0.739. The lowest BCUT2D eigenvalue weighted by Gasteiger charge is -2.31. The minimum Gasteiger partial charge on any atom is -0.326 e. The average molecular weight is 429 g/mol. The minimum absolute atomic E-state index is 0.0471. The molecule has 0 unspecified atom stereocenters. The molecule has 1 fully saturated rings. The molecule has 0 spiro atoms. The van der Waals surface area contributed by atoms with E-state index in [4.69, 9.17) is 11.6 Å². The van der Waals surface area contributed by atoms with Gasteiger partial charge in [-0.15, -0.1) is 0 Å². The third kappa shape index (κ3) is 5.06. The van der Waals surface area contributed by atoms with Crippen molar-refractivity contribution >= 4 is 33.2 Å². The van der Waals surface area contributed by atoms with Crippen LogP contribution in [-0.2, 0) is 20.6 Å². The van der Waals surface area contributed by atoms with Crippen LogP contribution >= 0.6 is 11.6 Å². The largest absolute Gasteiger partial charge is 0.326 e. The van der Waals surface area contributed by atoms with E-state index in [1.54, 1.807) is 24.3 Å². The molecular formula is C19H19ClF2N2O3S. The standard InChI is InChI=1S/C19H19ClF2N2O3S/c20-15-5-3-13(4-6-15)12-28(26,27)24-9-1-2-14(11-24)19(25)23-16-7-8-17(21)18(22)10-16/h3-8,10,14H,1-2,9,11-12H2,(H,23,25)/t14-/m0/s1. The van der Waals surface area contributed by atoms with Crippen molar-refractivity contribution in [3.05, 3.63) is 64.7 Å². The van der Waals surface area contributed by atoms with Crippen LogP contribution in [0.1, 0.15) is 18.4 Å². The lowest BCUT2D eigenvalue weighted by atomic mass is 9.98. The molecule has 0 bridgehead atoms. The molecule has 2 aromatic rings. The number of hydrogen-bond acceptors (Lipinski definition) is 3. The van der Waals surface area contributed by atoms with Crippen molar-refractivity contribution in [2.24, 2.45) is 5.92 Å². The van der Waals surface area contributed by atoms with Crippen molar-refractivity contribution in [3.63, 3.8) is 0 Å². The maximum absolute atomic E-state index is 13.3. The van der Waals surface area contributed by atoms with Crippen LogP contribution in [0.2, 0.25) is 5.02 Å². The maximum Gasteiger partial charge on any atom is 0.228 e. The van der Waals surface area contributed by atoms with Gasteiger partial charge in [-0.25, -0.2) is 21.5 Å². The molecule has 1 amide bonds. The Kier molecular flexibility index (Phi) is 6.32. The molecule has 1 atom stereocenters. The van der Waals surface area contributed by atoms with E-state index in [0.29, 0.717) is 30.0 Å². The van der Waals surface area contributed by atoms with Gasteiger partial charge >= 0.3 is 0 Å². The van der Waals surface area contributed by atoms with Crippen molar-refractivity contribution in [1.82, 2.24) is 4.31 Å². The Balaban J connectivity index is 1.66. The van der Waals surface area contributed by atoms with E-state index in [-0.39, 0.29) is 18.0 Å². The molecule has 28 heavy (non-hydrogen) atoms. The molecule has 150 valence electrons. The molecule has 1 N–H and O–H groups in total. The van der Waals surface area contributed by atoms with E-state index >= 15 is 0 Å². The zero-order chi connectivity index (χ0) is 20.3. The summed E-state index contributed by atoms with van der Waals surface area (Å²) in [6.07, 6.45) is 1.05. The SMILES string of the molecule is O=C(Nc1ccc(F)c(F)c1)[C@H]1CCCN(S(=O)(=O)Cc2ccc(Cl)cc2)C1. The second kappa shape index (κ2) is 8.55.